The molecule has 3 amide bonds. The van der Waals surface area contributed by atoms with E-state index in [1.807, 2.05) is 32.0 Å². The highest BCUT2D eigenvalue weighted by atomic mass is 79.9. The van der Waals surface area contributed by atoms with E-state index in [1.165, 1.54) is 6.33 Å². The Morgan fingerprint density at radius 3 is 2.64 bits per heavy atom. The van der Waals surface area contributed by atoms with Crippen LogP contribution >= 0.6 is 15.9 Å². The molecule has 0 saturated heterocycles. The van der Waals surface area contributed by atoms with Crippen molar-refractivity contribution in [2.45, 2.75) is 20.4 Å². The molecule has 0 spiro atoms. The van der Waals surface area contributed by atoms with Crippen molar-refractivity contribution in [3.05, 3.63) is 65.2 Å². The number of nitrogens with zero attached hydrogens (tertiary/aromatic N) is 4. The van der Waals surface area contributed by atoms with Gasteiger partial charge in [-0.15, -0.1) is 0 Å². The fraction of sp³-hybridized carbons (Fsp3) is 0.269. The number of halogens is 1. The molecule has 0 aliphatic rings. The summed E-state index contributed by atoms with van der Waals surface area (Å²) in [5.74, 6) is 1.06. The van der Waals surface area contributed by atoms with E-state index in [0.717, 1.165) is 16.8 Å². The van der Waals surface area contributed by atoms with Gasteiger partial charge in [-0.05, 0) is 57.7 Å². The van der Waals surface area contributed by atoms with Crippen LogP contribution in [0.25, 0.3) is 16.6 Å². The van der Waals surface area contributed by atoms with Crippen molar-refractivity contribution in [1.29, 1.82) is 0 Å². The molecule has 0 atom stereocenters. The average molecular weight is 596 g/mol. The maximum absolute atomic E-state index is 12.4. The Morgan fingerprint density at radius 1 is 1.10 bits per heavy atom. The molecule has 12 nitrogen and oxygen atoms in total. The monoisotopic (exact) mass is 595 g/mol. The Balaban J connectivity index is 1.39. The number of hydrogen-bond donors (Lipinski definition) is 5. The normalized spacial score (nSPS) is 11.0. The lowest BCUT2D eigenvalue weighted by Gasteiger charge is -2.09. The van der Waals surface area contributed by atoms with Crippen molar-refractivity contribution in [2.75, 3.05) is 36.1 Å². The molecule has 13 heteroatoms. The fourth-order valence-corrected chi connectivity index (χ4v) is 4.08. The fourth-order valence-electron chi connectivity index (χ4n) is 3.73. The van der Waals surface area contributed by atoms with E-state index in [0.29, 0.717) is 53.7 Å². The van der Waals surface area contributed by atoms with Crippen LogP contribution in [-0.4, -0.2) is 51.4 Å². The van der Waals surface area contributed by atoms with E-state index < -0.39 is 12.1 Å². The number of pyridine rings is 1. The number of carbonyl (C=O) groups excluding carboxylic acids is 2. The molecule has 0 fully saturated rings. The maximum atomic E-state index is 12.4. The molecule has 6 N–H and O–H groups in total. The Kier molecular flexibility index (Phi) is 9.28. The van der Waals surface area contributed by atoms with Crippen molar-refractivity contribution < 1.29 is 14.3 Å². The Hall–Kier alpha value is -4.23. The zero-order valence-corrected chi connectivity index (χ0v) is 23.2. The minimum Gasteiger partial charge on any atom is -0.449 e. The number of nitrogens with two attached hydrogens (primary N) is 1. The van der Waals surface area contributed by atoms with E-state index in [-0.39, 0.29) is 5.92 Å². The standard InChI is InChI=1S/C26H30BrN9O3/c1-16(2)14-39-26(38)30-11-10-29-13-19-12-20(23-24(28)31-15-32-36(19)23)17-6-8-18(9-7-17)33-25(37)35-22-5-3-4-21(27)34-22/h3-9,12,15-16,29H,10-11,13-14H2,1-2H3,(H,30,38)(H2,28,31,32)(H2,33,34,35,37). The van der Waals surface area contributed by atoms with Gasteiger partial charge in [0.15, 0.2) is 5.82 Å². The van der Waals surface area contributed by atoms with Crippen molar-refractivity contribution in [3.63, 3.8) is 0 Å². The van der Waals surface area contributed by atoms with Gasteiger partial charge < -0.3 is 26.4 Å². The molecule has 0 unspecified atom stereocenters. The van der Waals surface area contributed by atoms with Crippen molar-refractivity contribution >= 4 is 50.9 Å². The van der Waals surface area contributed by atoms with Crippen LogP contribution < -0.4 is 27.0 Å². The molecular weight excluding hydrogens is 566 g/mol. The minimum absolute atomic E-state index is 0.284. The third-order valence-corrected chi connectivity index (χ3v) is 5.93. The largest absolute Gasteiger partial charge is 0.449 e. The first-order chi connectivity index (χ1) is 18.8. The summed E-state index contributed by atoms with van der Waals surface area (Å²) in [6.07, 6.45) is 0.981. The average Bonchev–Trinajstić information content (AvgIpc) is 3.27. The number of nitrogen functional groups attached to an aromatic ring is 1. The number of ether oxygens (including phenoxy) is 1. The first-order valence-electron chi connectivity index (χ1n) is 12.3. The molecule has 0 aliphatic carbocycles. The summed E-state index contributed by atoms with van der Waals surface area (Å²) in [6.45, 7) is 5.79. The highest BCUT2D eigenvalue weighted by Gasteiger charge is 2.15. The molecule has 4 rings (SSSR count). The molecule has 0 bridgehead atoms. The Morgan fingerprint density at radius 2 is 1.90 bits per heavy atom. The quantitative estimate of drug-likeness (QED) is 0.134. The van der Waals surface area contributed by atoms with E-state index >= 15 is 0 Å². The summed E-state index contributed by atoms with van der Waals surface area (Å²) in [5, 5.41) is 15.9. The number of hydrogen-bond acceptors (Lipinski definition) is 8. The molecular formula is C26H30BrN9O3. The van der Waals surface area contributed by atoms with Gasteiger partial charge in [0, 0.05) is 30.9 Å². The molecule has 3 heterocycles. The van der Waals surface area contributed by atoms with Gasteiger partial charge in [0.25, 0.3) is 0 Å². The second-order valence-corrected chi connectivity index (χ2v) is 9.87. The van der Waals surface area contributed by atoms with Gasteiger partial charge in [0.05, 0.1) is 12.3 Å². The summed E-state index contributed by atoms with van der Waals surface area (Å²) >= 11 is 3.28. The van der Waals surface area contributed by atoms with Crippen LogP contribution in [0.1, 0.15) is 19.5 Å². The van der Waals surface area contributed by atoms with Gasteiger partial charge in [-0.2, -0.15) is 5.10 Å². The molecule has 0 aliphatic heterocycles. The summed E-state index contributed by atoms with van der Waals surface area (Å²) in [7, 11) is 0. The van der Waals surface area contributed by atoms with Gasteiger partial charge in [-0.1, -0.05) is 32.0 Å². The number of anilines is 3. The number of fused-ring (bicyclic) bond motifs is 1. The van der Waals surface area contributed by atoms with Gasteiger partial charge in [-0.25, -0.2) is 24.1 Å². The molecule has 204 valence electrons. The van der Waals surface area contributed by atoms with Crippen LogP contribution in [0.4, 0.5) is 26.9 Å². The van der Waals surface area contributed by atoms with Crippen LogP contribution in [0, 0.1) is 5.92 Å². The third kappa shape index (κ3) is 7.65. The first-order valence-corrected chi connectivity index (χ1v) is 13.1. The number of urea groups is 1. The number of benzene rings is 1. The van der Waals surface area contributed by atoms with E-state index in [9.17, 15) is 9.59 Å². The summed E-state index contributed by atoms with van der Waals surface area (Å²) in [6, 6.07) is 14.2. The number of carbonyl (C=O) groups is 2. The number of rotatable bonds is 10. The predicted octanol–water partition coefficient (Wildman–Crippen LogP) is 4.25. The van der Waals surface area contributed by atoms with Crippen LogP contribution in [0.2, 0.25) is 0 Å². The Labute approximate surface area is 233 Å². The molecule has 3 aromatic heterocycles. The SMILES string of the molecule is CC(C)COC(=O)NCCNCc1cc(-c2ccc(NC(=O)Nc3cccc(Br)n3)cc2)c2c(N)ncnn12. The van der Waals surface area contributed by atoms with Gasteiger partial charge in [0.2, 0.25) is 0 Å². The van der Waals surface area contributed by atoms with Crippen LogP contribution in [-0.2, 0) is 11.3 Å². The van der Waals surface area contributed by atoms with Crippen molar-refractivity contribution in [2.24, 2.45) is 5.92 Å². The zero-order chi connectivity index (χ0) is 27.8. The molecule has 0 saturated carbocycles. The second kappa shape index (κ2) is 13.0. The van der Waals surface area contributed by atoms with E-state index in [1.54, 1.807) is 34.8 Å². The van der Waals surface area contributed by atoms with Crippen molar-refractivity contribution in [1.82, 2.24) is 30.2 Å². The number of nitrogens with one attached hydrogen (secondary N) is 4. The van der Waals surface area contributed by atoms with Crippen LogP contribution in [0.3, 0.4) is 0 Å². The highest BCUT2D eigenvalue weighted by molar-refractivity contribution is 9.10. The van der Waals surface area contributed by atoms with Gasteiger partial charge in [0.1, 0.15) is 22.3 Å². The summed E-state index contributed by atoms with van der Waals surface area (Å²) < 4.78 is 7.48. The maximum Gasteiger partial charge on any atom is 0.407 e. The second-order valence-electron chi connectivity index (χ2n) is 9.05. The number of aromatic nitrogens is 4. The topological polar surface area (TPSA) is 161 Å². The van der Waals surface area contributed by atoms with Crippen molar-refractivity contribution in [3.8, 4) is 11.1 Å². The zero-order valence-electron chi connectivity index (χ0n) is 21.6. The van der Waals surface area contributed by atoms with Gasteiger partial charge in [-0.3, -0.25) is 5.32 Å². The molecule has 0 radical (unpaired) electrons. The summed E-state index contributed by atoms with van der Waals surface area (Å²) in [4.78, 5) is 32.4. The number of amides is 3. The van der Waals surface area contributed by atoms with Crippen LogP contribution in [0.5, 0.6) is 0 Å². The minimum atomic E-state index is -0.429. The Bertz CT molecular complexity index is 1440. The molecule has 39 heavy (non-hydrogen) atoms. The van der Waals surface area contributed by atoms with E-state index in [4.69, 9.17) is 10.5 Å². The molecule has 1 aromatic carbocycles. The van der Waals surface area contributed by atoms with E-state index in [2.05, 4.69) is 52.3 Å². The number of alkyl carbamates (subject to hydrolysis) is 1. The summed E-state index contributed by atoms with van der Waals surface area (Å²) in [5.41, 5.74) is 10.1. The predicted molar refractivity (Wildman–Crippen MR) is 153 cm³/mol. The lowest BCUT2D eigenvalue weighted by molar-refractivity contribution is 0.133. The highest BCUT2D eigenvalue weighted by Crippen LogP contribution is 2.31. The molecule has 4 aromatic rings. The smallest absolute Gasteiger partial charge is 0.407 e. The lowest BCUT2D eigenvalue weighted by Crippen LogP contribution is -2.32. The lowest BCUT2D eigenvalue weighted by atomic mass is 10.1. The third-order valence-electron chi connectivity index (χ3n) is 5.49. The first kappa shape index (κ1) is 27.8. The van der Waals surface area contributed by atoms with Crippen LogP contribution in [0.15, 0.2) is 59.5 Å². The van der Waals surface area contributed by atoms with Gasteiger partial charge >= 0.3 is 12.1 Å².